The number of allylic oxidation sites excluding steroid dienone is 2. The molecule has 4 heteroatoms. The van der Waals surface area contributed by atoms with Crippen LogP contribution in [0.2, 0.25) is 0 Å². The van der Waals surface area contributed by atoms with E-state index in [1.807, 2.05) is 25.3 Å². The largest absolute Gasteiger partial charge is 0.477 e. The molecule has 1 aromatic rings. The van der Waals surface area contributed by atoms with Crippen molar-refractivity contribution in [1.29, 1.82) is 5.26 Å². The number of hydrogen-bond donors (Lipinski definition) is 1. The fourth-order valence-electron chi connectivity index (χ4n) is 1.23. The molecule has 0 amide bonds. The molecular formula is C12H11NO2S. The van der Waals surface area contributed by atoms with Gasteiger partial charge < -0.3 is 5.11 Å². The van der Waals surface area contributed by atoms with Crippen LogP contribution in [0.25, 0.3) is 6.08 Å². The van der Waals surface area contributed by atoms with E-state index in [0.29, 0.717) is 0 Å². The Morgan fingerprint density at radius 1 is 1.56 bits per heavy atom. The molecular weight excluding hydrogens is 222 g/mol. The first kappa shape index (κ1) is 12.2. The number of nitrogens with zero attached hydrogens (tertiary/aromatic N) is 1. The Labute approximate surface area is 98.0 Å². The standard InChI is InChI=1S/C12H11NO2S/c1-8-7-16-9(2)11(8)5-3-4-10(6-13)12(14)15/h3-5,7H,1-2H3,(H,14,15). The highest BCUT2D eigenvalue weighted by Gasteiger charge is 2.03. The normalized spacial score (nSPS) is 11.7. The Hall–Kier alpha value is -1.86. The van der Waals surface area contributed by atoms with Crippen molar-refractivity contribution in [1.82, 2.24) is 0 Å². The molecule has 0 saturated heterocycles. The van der Waals surface area contributed by atoms with Crippen LogP contribution >= 0.6 is 11.3 Å². The predicted octanol–water partition coefficient (Wildman–Crippen LogP) is 2.91. The Bertz CT molecular complexity index is 484. The van der Waals surface area contributed by atoms with Crippen LogP contribution in [-0.4, -0.2) is 11.1 Å². The second-order valence-corrected chi connectivity index (χ2v) is 4.33. The lowest BCUT2D eigenvalue weighted by atomic mass is 10.1. The number of hydrogen-bond acceptors (Lipinski definition) is 3. The molecule has 82 valence electrons. The van der Waals surface area contributed by atoms with Crippen molar-refractivity contribution in [2.24, 2.45) is 0 Å². The molecule has 0 aromatic carbocycles. The summed E-state index contributed by atoms with van der Waals surface area (Å²) >= 11 is 1.65. The summed E-state index contributed by atoms with van der Waals surface area (Å²) in [6.45, 7) is 4.00. The van der Waals surface area contributed by atoms with E-state index in [1.54, 1.807) is 23.5 Å². The van der Waals surface area contributed by atoms with Gasteiger partial charge in [-0.3, -0.25) is 0 Å². The van der Waals surface area contributed by atoms with Gasteiger partial charge in [0.15, 0.2) is 0 Å². The zero-order chi connectivity index (χ0) is 12.1. The average Bonchev–Trinajstić information content (AvgIpc) is 2.54. The van der Waals surface area contributed by atoms with E-state index in [9.17, 15) is 4.79 Å². The minimum atomic E-state index is -1.20. The molecule has 0 saturated carbocycles. The monoisotopic (exact) mass is 233 g/mol. The molecule has 1 rings (SSSR count). The van der Waals surface area contributed by atoms with Gasteiger partial charge in [0.25, 0.3) is 0 Å². The molecule has 16 heavy (non-hydrogen) atoms. The third-order valence-corrected chi connectivity index (χ3v) is 3.14. The van der Waals surface area contributed by atoms with E-state index >= 15 is 0 Å². The first-order valence-electron chi connectivity index (χ1n) is 4.62. The van der Waals surface area contributed by atoms with Crippen molar-refractivity contribution in [2.45, 2.75) is 13.8 Å². The fourth-order valence-corrected chi connectivity index (χ4v) is 2.06. The molecule has 0 atom stereocenters. The maximum absolute atomic E-state index is 10.5. The van der Waals surface area contributed by atoms with Crippen LogP contribution in [0, 0.1) is 25.2 Å². The molecule has 0 radical (unpaired) electrons. The number of aryl methyl sites for hydroxylation is 2. The summed E-state index contributed by atoms with van der Waals surface area (Å²) in [6, 6.07) is 1.62. The SMILES string of the molecule is Cc1csc(C)c1C=CC=C(C#N)C(=O)O. The number of carboxylic acid groups (broad SMARTS) is 1. The van der Waals surface area contributed by atoms with E-state index in [4.69, 9.17) is 10.4 Å². The van der Waals surface area contributed by atoms with Gasteiger partial charge in [-0.15, -0.1) is 11.3 Å². The number of thiophene rings is 1. The zero-order valence-electron chi connectivity index (χ0n) is 9.02. The molecule has 3 nitrogen and oxygen atoms in total. The van der Waals surface area contributed by atoms with Crippen molar-refractivity contribution >= 4 is 23.4 Å². The van der Waals surface area contributed by atoms with Crippen LogP contribution in [0.3, 0.4) is 0 Å². The highest BCUT2D eigenvalue weighted by molar-refractivity contribution is 7.10. The van der Waals surface area contributed by atoms with E-state index in [0.717, 1.165) is 11.1 Å². The Kier molecular flexibility index (Phi) is 4.03. The summed E-state index contributed by atoms with van der Waals surface area (Å²) in [4.78, 5) is 11.7. The van der Waals surface area contributed by atoms with Crippen molar-refractivity contribution in [3.8, 4) is 6.07 Å². The summed E-state index contributed by atoms with van der Waals surface area (Å²) in [5.74, 6) is -1.20. The highest BCUT2D eigenvalue weighted by Crippen LogP contribution is 2.22. The summed E-state index contributed by atoms with van der Waals surface area (Å²) in [6.07, 6.45) is 4.72. The van der Waals surface area contributed by atoms with E-state index in [2.05, 4.69) is 0 Å². The number of carbonyl (C=O) groups is 1. The van der Waals surface area contributed by atoms with E-state index in [1.165, 1.54) is 11.0 Å². The van der Waals surface area contributed by atoms with Gasteiger partial charge in [0.1, 0.15) is 11.6 Å². The lowest BCUT2D eigenvalue weighted by Crippen LogP contribution is -1.96. The Balaban J connectivity index is 2.91. The van der Waals surface area contributed by atoms with Crippen molar-refractivity contribution in [2.75, 3.05) is 0 Å². The van der Waals surface area contributed by atoms with E-state index < -0.39 is 5.97 Å². The number of rotatable bonds is 3. The molecule has 1 heterocycles. The third kappa shape index (κ3) is 2.81. The van der Waals surface area contributed by atoms with Crippen molar-refractivity contribution in [3.63, 3.8) is 0 Å². The van der Waals surface area contributed by atoms with Gasteiger partial charge in [0.05, 0.1) is 0 Å². The first-order valence-corrected chi connectivity index (χ1v) is 5.50. The van der Waals surface area contributed by atoms with Gasteiger partial charge in [-0.2, -0.15) is 5.26 Å². The minimum Gasteiger partial charge on any atom is -0.477 e. The number of nitriles is 1. The van der Waals surface area contributed by atoms with Crippen LogP contribution in [0.15, 0.2) is 23.1 Å². The molecule has 1 aromatic heterocycles. The van der Waals surface area contributed by atoms with Gasteiger partial charge in [0.2, 0.25) is 0 Å². The molecule has 0 aliphatic rings. The average molecular weight is 233 g/mol. The van der Waals surface area contributed by atoms with Crippen LogP contribution in [0.5, 0.6) is 0 Å². The Morgan fingerprint density at radius 3 is 2.69 bits per heavy atom. The van der Waals surface area contributed by atoms with Gasteiger partial charge in [-0.1, -0.05) is 12.2 Å². The molecule has 0 aliphatic heterocycles. The fraction of sp³-hybridized carbons (Fsp3) is 0.167. The topological polar surface area (TPSA) is 61.1 Å². The van der Waals surface area contributed by atoms with Crippen LogP contribution in [-0.2, 0) is 4.79 Å². The lowest BCUT2D eigenvalue weighted by molar-refractivity contribution is -0.132. The van der Waals surface area contributed by atoms with Gasteiger partial charge in [0, 0.05) is 4.88 Å². The summed E-state index contributed by atoms with van der Waals surface area (Å²) in [7, 11) is 0. The molecule has 1 N–H and O–H groups in total. The molecule has 0 unspecified atom stereocenters. The van der Waals surface area contributed by atoms with Crippen LogP contribution < -0.4 is 0 Å². The highest BCUT2D eigenvalue weighted by atomic mass is 32.1. The van der Waals surface area contributed by atoms with Crippen LogP contribution in [0.1, 0.15) is 16.0 Å². The smallest absolute Gasteiger partial charge is 0.346 e. The second-order valence-electron chi connectivity index (χ2n) is 3.24. The van der Waals surface area contributed by atoms with Gasteiger partial charge >= 0.3 is 5.97 Å². The lowest BCUT2D eigenvalue weighted by Gasteiger charge is -1.92. The second kappa shape index (κ2) is 5.29. The van der Waals surface area contributed by atoms with Crippen molar-refractivity contribution in [3.05, 3.63) is 39.1 Å². The van der Waals surface area contributed by atoms with Crippen molar-refractivity contribution < 1.29 is 9.90 Å². The zero-order valence-corrected chi connectivity index (χ0v) is 9.84. The van der Waals surface area contributed by atoms with E-state index in [-0.39, 0.29) is 5.57 Å². The quantitative estimate of drug-likeness (QED) is 0.496. The third-order valence-electron chi connectivity index (χ3n) is 2.09. The number of carboxylic acids is 1. The maximum atomic E-state index is 10.5. The number of aliphatic carboxylic acids is 1. The van der Waals surface area contributed by atoms with Gasteiger partial charge in [-0.05, 0) is 36.4 Å². The van der Waals surface area contributed by atoms with Gasteiger partial charge in [-0.25, -0.2) is 4.79 Å². The minimum absolute atomic E-state index is 0.262. The molecule has 0 spiro atoms. The first-order chi connectivity index (χ1) is 7.56. The maximum Gasteiger partial charge on any atom is 0.346 e. The molecule has 0 fully saturated rings. The van der Waals surface area contributed by atoms with Crippen LogP contribution in [0.4, 0.5) is 0 Å². The summed E-state index contributed by atoms with van der Waals surface area (Å²) in [5, 5.41) is 19.2. The predicted molar refractivity (Wildman–Crippen MR) is 64.2 cm³/mol. The Morgan fingerprint density at radius 2 is 2.25 bits per heavy atom. The molecule has 0 bridgehead atoms. The summed E-state index contributed by atoms with van der Waals surface area (Å²) < 4.78 is 0. The summed E-state index contributed by atoms with van der Waals surface area (Å²) in [5.41, 5.74) is 1.98. The molecule has 0 aliphatic carbocycles.